The number of ketones is 1. The zero-order valence-corrected chi connectivity index (χ0v) is 11.2. The van der Waals surface area contributed by atoms with E-state index in [1.165, 1.54) is 0 Å². The van der Waals surface area contributed by atoms with Gasteiger partial charge in [0.15, 0.2) is 0 Å². The van der Waals surface area contributed by atoms with Crippen LogP contribution in [-0.4, -0.2) is 22.9 Å². The van der Waals surface area contributed by atoms with E-state index in [1.54, 1.807) is 6.08 Å². The van der Waals surface area contributed by atoms with Gasteiger partial charge in [0, 0.05) is 30.3 Å². The van der Waals surface area contributed by atoms with Gasteiger partial charge in [-0.1, -0.05) is 24.3 Å². The Labute approximate surface area is 122 Å². The monoisotopic (exact) mass is 273 g/mol. The first-order valence-electron chi connectivity index (χ1n) is 6.77. The lowest BCUT2D eigenvalue weighted by Crippen LogP contribution is -2.33. The lowest BCUT2D eigenvalue weighted by Gasteiger charge is -2.31. The predicted molar refractivity (Wildman–Crippen MR) is 78.5 cm³/mol. The topological polar surface area (TPSA) is 56.5 Å². The minimum atomic E-state index is -0.0308. The molecular formula is C17H11N3O. The Morgan fingerprint density at radius 1 is 1.29 bits per heavy atom. The first kappa shape index (κ1) is 11.9. The van der Waals surface area contributed by atoms with Crippen LogP contribution < -0.4 is 0 Å². The highest BCUT2D eigenvalue weighted by molar-refractivity contribution is 6.53. The van der Waals surface area contributed by atoms with Gasteiger partial charge in [0.25, 0.3) is 0 Å². The Kier molecular flexibility index (Phi) is 2.42. The summed E-state index contributed by atoms with van der Waals surface area (Å²) in [4.78, 5) is 19.1. The molecule has 0 atom stereocenters. The van der Waals surface area contributed by atoms with Gasteiger partial charge in [-0.15, -0.1) is 0 Å². The first-order valence-corrected chi connectivity index (χ1v) is 6.77. The van der Waals surface area contributed by atoms with Gasteiger partial charge >= 0.3 is 0 Å². The van der Waals surface area contributed by atoms with Gasteiger partial charge in [0.2, 0.25) is 5.78 Å². The molecule has 1 aliphatic carbocycles. The SMILES string of the molecule is N#CC1=CCN2C=C3Cc4ccccc4C(=O)C3=NC2=C1. The molecule has 1 aromatic carbocycles. The highest BCUT2D eigenvalue weighted by atomic mass is 16.1. The molecule has 0 bridgehead atoms. The molecule has 21 heavy (non-hydrogen) atoms. The standard InChI is InChI=1S/C17H11N3O/c18-9-11-5-6-20-10-13-8-12-3-1-2-4-14(12)17(21)16(13)19-15(20)7-11/h1-5,7,10H,6,8H2. The zero-order chi connectivity index (χ0) is 14.4. The van der Waals surface area contributed by atoms with E-state index in [0.29, 0.717) is 23.7 Å². The van der Waals surface area contributed by atoms with Crippen molar-refractivity contribution in [3.63, 3.8) is 0 Å². The van der Waals surface area contributed by atoms with Crippen LogP contribution in [0, 0.1) is 11.3 Å². The number of aliphatic imine (C=N–C) groups is 1. The van der Waals surface area contributed by atoms with Gasteiger partial charge in [-0.2, -0.15) is 5.26 Å². The number of benzene rings is 1. The Balaban J connectivity index is 1.83. The third-order valence-electron chi connectivity index (χ3n) is 3.92. The molecule has 0 fully saturated rings. The fourth-order valence-electron chi connectivity index (χ4n) is 2.85. The molecule has 0 unspecified atom stereocenters. The van der Waals surface area contributed by atoms with Crippen LogP contribution in [0.2, 0.25) is 0 Å². The molecule has 0 saturated heterocycles. The number of fused-ring (bicyclic) bond motifs is 3. The Morgan fingerprint density at radius 2 is 2.14 bits per heavy atom. The fourth-order valence-corrected chi connectivity index (χ4v) is 2.85. The van der Waals surface area contributed by atoms with Crippen molar-refractivity contribution in [2.24, 2.45) is 4.99 Å². The second-order valence-electron chi connectivity index (χ2n) is 5.20. The molecule has 0 saturated carbocycles. The normalized spacial score (nSPS) is 19.2. The van der Waals surface area contributed by atoms with E-state index in [1.807, 2.05) is 41.4 Å². The molecule has 2 heterocycles. The Hall–Kier alpha value is -2.93. The number of nitriles is 1. The Bertz CT molecular complexity index is 834. The van der Waals surface area contributed by atoms with Gasteiger partial charge < -0.3 is 4.90 Å². The van der Waals surface area contributed by atoms with Crippen LogP contribution in [0.15, 0.2) is 64.6 Å². The highest BCUT2D eigenvalue weighted by Crippen LogP contribution is 2.30. The minimum Gasteiger partial charge on any atom is -0.329 e. The summed E-state index contributed by atoms with van der Waals surface area (Å²) < 4.78 is 0. The van der Waals surface area contributed by atoms with E-state index in [9.17, 15) is 4.79 Å². The minimum absolute atomic E-state index is 0.0308. The van der Waals surface area contributed by atoms with Crippen LogP contribution in [0.1, 0.15) is 15.9 Å². The summed E-state index contributed by atoms with van der Waals surface area (Å²) in [7, 11) is 0. The fraction of sp³-hybridized carbons (Fsp3) is 0.118. The highest BCUT2D eigenvalue weighted by Gasteiger charge is 2.31. The van der Waals surface area contributed by atoms with Crippen molar-refractivity contribution in [3.05, 3.63) is 70.7 Å². The molecule has 100 valence electrons. The van der Waals surface area contributed by atoms with Gasteiger partial charge in [-0.05, 0) is 17.7 Å². The second-order valence-corrected chi connectivity index (χ2v) is 5.20. The summed E-state index contributed by atoms with van der Waals surface area (Å²) in [6.07, 6.45) is 6.28. The predicted octanol–water partition coefficient (Wildman–Crippen LogP) is 2.37. The molecule has 0 aromatic heterocycles. The van der Waals surface area contributed by atoms with E-state index < -0.39 is 0 Å². The summed E-state index contributed by atoms with van der Waals surface area (Å²) in [5.74, 6) is 0.636. The van der Waals surface area contributed by atoms with Crippen LogP contribution in [0.25, 0.3) is 0 Å². The number of allylic oxidation sites excluding steroid dienone is 3. The van der Waals surface area contributed by atoms with Crippen molar-refractivity contribution in [3.8, 4) is 6.07 Å². The number of carbonyl (C=O) groups excluding carboxylic acids is 1. The molecule has 3 aliphatic rings. The molecule has 0 amide bonds. The molecule has 0 N–H and O–H groups in total. The van der Waals surface area contributed by atoms with Crippen molar-refractivity contribution in [2.45, 2.75) is 6.42 Å². The molecule has 4 rings (SSSR count). The van der Waals surface area contributed by atoms with Crippen LogP contribution in [0.4, 0.5) is 0 Å². The van der Waals surface area contributed by atoms with Crippen molar-refractivity contribution in [1.82, 2.24) is 4.90 Å². The number of nitrogens with zero attached hydrogens (tertiary/aromatic N) is 3. The van der Waals surface area contributed by atoms with Crippen molar-refractivity contribution < 1.29 is 4.79 Å². The summed E-state index contributed by atoms with van der Waals surface area (Å²) in [6.45, 7) is 0.616. The maximum absolute atomic E-state index is 12.6. The third-order valence-corrected chi connectivity index (χ3v) is 3.92. The summed E-state index contributed by atoms with van der Waals surface area (Å²) >= 11 is 0. The molecule has 1 aromatic rings. The smallest absolute Gasteiger partial charge is 0.212 e. The average Bonchev–Trinajstić information content (AvgIpc) is 2.53. The van der Waals surface area contributed by atoms with Crippen LogP contribution in [-0.2, 0) is 6.42 Å². The second kappa shape index (κ2) is 4.29. The molecule has 2 aliphatic heterocycles. The number of rotatable bonds is 0. The van der Waals surface area contributed by atoms with E-state index >= 15 is 0 Å². The molecule has 4 heteroatoms. The van der Waals surface area contributed by atoms with E-state index in [0.717, 1.165) is 23.1 Å². The number of hydrogen-bond acceptors (Lipinski definition) is 4. The van der Waals surface area contributed by atoms with Crippen LogP contribution >= 0.6 is 0 Å². The molecule has 4 nitrogen and oxygen atoms in total. The molecule has 0 radical (unpaired) electrons. The maximum atomic E-state index is 12.6. The van der Waals surface area contributed by atoms with Crippen LogP contribution in [0.5, 0.6) is 0 Å². The van der Waals surface area contributed by atoms with Gasteiger partial charge in [-0.3, -0.25) is 4.79 Å². The first-order chi connectivity index (χ1) is 10.3. The Morgan fingerprint density at radius 3 is 3.00 bits per heavy atom. The molecular weight excluding hydrogens is 262 g/mol. The van der Waals surface area contributed by atoms with Crippen molar-refractivity contribution >= 4 is 11.5 Å². The zero-order valence-electron chi connectivity index (χ0n) is 11.2. The van der Waals surface area contributed by atoms with E-state index in [2.05, 4.69) is 11.1 Å². The summed E-state index contributed by atoms with van der Waals surface area (Å²) in [6, 6.07) is 9.77. The lowest BCUT2D eigenvalue weighted by atomic mass is 9.85. The summed E-state index contributed by atoms with van der Waals surface area (Å²) in [5.41, 5.74) is 3.82. The molecule has 0 spiro atoms. The maximum Gasteiger partial charge on any atom is 0.212 e. The number of Topliss-reactive ketones (excluding diaryl/α,β-unsaturated/α-hetero) is 1. The number of hydrogen-bond donors (Lipinski definition) is 0. The van der Waals surface area contributed by atoms with E-state index in [-0.39, 0.29) is 5.78 Å². The van der Waals surface area contributed by atoms with Gasteiger partial charge in [0.1, 0.15) is 11.5 Å². The van der Waals surface area contributed by atoms with Crippen LogP contribution in [0.3, 0.4) is 0 Å². The van der Waals surface area contributed by atoms with Crippen molar-refractivity contribution in [1.29, 1.82) is 5.26 Å². The lowest BCUT2D eigenvalue weighted by molar-refractivity contribution is 0.106. The third kappa shape index (κ3) is 1.75. The number of carbonyl (C=O) groups is 1. The van der Waals surface area contributed by atoms with E-state index in [4.69, 9.17) is 5.26 Å². The quantitative estimate of drug-likeness (QED) is 0.729. The van der Waals surface area contributed by atoms with Gasteiger partial charge in [0.05, 0.1) is 11.6 Å². The summed E-state index contributed by atoms with van der Waals surface area (Å²) in [5, 5.41) is 8.98. The average molecular weight is 273 g/mol. The largest absolute Gasteiger partial charge is 0.329 e. The van der Waals surface area contributed by atoms with Gasteiger partial charge in [-0.25, -0.2) is 4.99 Å². The van der Waals surface area contributed by atoms with Crippen molar-refractivity contribution in [2.75, 3.05) is 6.54 Å².